The van der Waals surface area contributed by atoms with Crippen molar-refractivity contribution in [3.05, 3.63) is 46.3 Å². The standard InChI is InChI=1S/C29H41ClN6O4/c1-32-27-23(17-20(9-13-33-27)28(38)34-12-4-16-37)26(31)35-21-7-8-25(24(30)18-21)40-22-10-14-36(15-11-22)29(39)19-5-2-3-6-19/h7-8,17-19,22,32-33,37H,2-6,9-16H2,1H3,(H2,31,35)(H,34,38). The molecule has 1 aromatic carbocycles. The van der Waals surface area contributed by atoms with Crippen LogP contribution in [0.2, 0.25) is 5.02 Å². The van der Waals surface area contributed by atoms with Gasteiger partial charge in [-0.1, -0.05) is 24.4 Å². The van der Waals surface area contributed by atoms with E-state index >= 15 is 0 Å². The number of hydrogen-bond acceptors (Lipinski definition) is 7. The number of aliphatic hydroxyl groups is 1. The first-order chi connectivity index (χ1) is 19.4. The van der Waals surface area contributed by atoms with Crippen LogP contribution in [-0.2, 0) is 9.59 Å². The Balaban J connectivity index is 1.40. The summed E-state index contributed by atoms with van der Waals surface area (Å²) in [4.78, 5) is 31.9. The van der Waals surface area contributed by atoms with Gasteiger partial charge in [0.05, 0.1) is 16.3 Å². The topological polar surface area (TPSA) is 141 Å². The van der Waals surface area contributed by atoms with Crippen LogP contribution in [0.5, 0.6) is 5.75 Å². The van der Waals surface area contributed by atoms with Gasteiger partial charge in [0.25, 0.3) is 0 Å². The van der Waals surface area contributed by atoms with E-state index < -0.39 is 0 Å². The number of benzene rings is 1. The summed E-state index contributed by atoms with van der Waals surface area (Å²) in [6, 6.07) is 5.29. The minimum Gasteiger partial charge on any atom is -0.489 e. The number of rotatable bonds is 10. The van der Waals surface area contributed by atoms with Crippen molar-refractivity contribution in [2.45, 2.75) is 57.5 Å². The van der Waals surface area contributed by atoms with Crippen molar-refractivity contribution in [1.29, 1.82) is 0 Å². The molecule has 218 valence electrons. The Kier molecular flexibility index (Phi) is 10.7. The number of aliphatic hydroxyl groups excluding tert-OH is 1. The Hall–Kier alpha value is -3.24. The lowest BCUT2D eigenvalue weighted by atomic mass is 10.0. The summed E-state index contributed by atoms with van der Waals surface area (Å²) in [6.45, 7) is 2.39. The van der Waals surface area contributed by atoms with Gasteiger partial charge in [0.2, 0.25) is 11.8 Å². The van der Waals surface area contributed by atoms with Crippen LogP contribution >= 0.6 is 11.6 Å². The summed E-state index contributed by atoms with van der Waals surface area (Å²) in [7, 11) is 1.77. The van der Waals surface area contributed by atoms with Crippen LogP contribution in [-0.4, -0.2) is 73.6 Å². The Morgan fingerprint density at radius 2 is 1.98 bits per heavy atom. The van der Waals surface area contributed by atoms with E-state index in [9.17, 15) is 9.59 Å². The fraction of sp³-hybridized carbons (Fsp3) is 0.552. The molecule has 1 saturated heterocycles. The number of nitrogens with zero attached hydrogens (tertiary/aromatic N) is 2. The number of ether oxygens (including phenoxy) is 1. The highest BCUT2D eigenvalue weighted by atomic mass is 35.5. The molecule has 2 fully saturated rings. The van der Waals surface area contributed by atoms with E-state index in [-0.39, 0.29) is 30.4 Å². The normalized spacial score (nSPS) is 19.1. The van der Waals surface area contributed by atoms with Crippen LogP contribution in [0.15, 0.2) is 46.2 Å². The molecular weight excluding hydrogens is 532 g/mol. The van der Waals surface area contributed by atoms with Crippen molar-refractivity contribution in [2.24, 2.45) is 16.6 Å². The van der Waals surface area contributed by atoms with Gasteiger partial charge in [-0.05, 0) is 50.0 Å². The molecule has 2 amide bonds. The number of halogens is 1. The average molecular weight is 573 g/mol. The van der Waals surface area contributed by atoms with Crippen molar-refractivity contribution in [1.82, 2.24) is 20.9 Å². The van der Waals surface area contributed by atoms with Crippen LogP contribution < -0.4 is 26.4 Å². The van der Waals surface area contributed by atoms with Crippen LogP contribution in [0.4, 0.5) is 5.69 Å². The smallest absolute Gasteiger partial charge is 0.247 e. The Labute approximate surface area is 241 Å². The molecule has 2 heterocycles. The van der Waals surface area contributed by atoms with Crippen LogP contribution in [0, 0.1) is 5.92 Å². The third kappa shape index (κ3) is 7.69. The number of nitrogens with one attached hydrogen (secondary N) is 3. The number of aliphatic imine (C=N–C) groups is 1. The summed E-state index contributed by atoms with van der Waals surface area (Å²) in [6.07, 6.45) is 8.65. The Morgan fingerprint density at radius 3 is 2.65 bits per heavy atom. The van der Waals surface area contributed by atoms with Crippen molar-refractivity contribution >= 4 is 34.9 Å². The first-order valence-electron chi connectivity index (χ1n) is 14.2. The molecular formula is C29H41ClN6O4. The molecule has 6 N–H and O–H groups in total. The third-order valence-electron chi connectivity index (χ3n) is 7.64. The van der Waals surface area contributed by atoms with Gasteiger partial charge < -0.3 is 36.4 Å². The van der Waals surface area contributed by atoms with Gasteiger partial charge in [-0.15, -0.1) is 0 Å². The van der Waals surface area contributed by atoms with Crippen LogP contribution in [0.25, 0.3) is 0 Å². The number of hydrogen-bond donors (Lipinski definition) is 5. The molecule has 0 bridgehead atoms. The molecule has 0 unspecified atom stereocenters. The minimum absolute atomic E-state index is 0.00274. The van der Waals surface area contributed by atoms with E-state index in [0.717, 1.165) is 38.5 Å². The molecule has 0 radical (unpaired) electrons. The number of amidine groups is 1. The molecule has 10 nitrogen and oxygen atoms in total. The molecule has 0 atom stereocenters. The minimum atomic E-state index is -0.198. The second-order valence-electron chi connectivity index (χ2n) is 10.5. The van der Waals surface area contributed by atoms with E-state index in [1.807, 2.05) is 4.90 Å². The summed E-state index contributed by atoms with van der Waals surface area (Å²) >= 11 is 6.57. The predicted octanol–water partition coefficient (Wildman–Crippen LogP) is 2.74. The molecule has 2 aliphatic heterocycles. The first-order valence-corrected chi connectivity index (χ1v) is 14.6. The van der Waals surface area contributed by atoms with Crippen molar-refractivity contribution in [3.63, 3.8) is 0 Å². The van der Waals surface area contributed by atoms with Gasteiger partial charge in [-0.25, -0.2) is 4.99 Å². The van der Waals surface area contributed by atoms with Crippen LogP contribution in [0.1, 0.15) is 51.4 Å². The quantitative estimate of drug-likeness (QED) is 0.165. The van der Waals surface area contributed by atoms with E-state index in [2.05, 4.69) is 20.9 Å². The number of nitrogens with two attached hydrogens (primary N) is 1. The second-order valence-corrected chi connectivity index (χ2v) is 10.9. The Morgan fingerprint density at radius 1 is 1.23 bits per heavy atom. The molecule has 1 saturated carbocycles. The van der Waals surface area contributed by atoms with Gasteiger partial charge in [-0.3, -0.25) is 9.59 Å². The van der Waals surface area contributed by atoms with Crippen LogP contribution in [0.3, 0.4) is 0 Å². The molecule has 1 aromatic rings. The maximum atomic E-state index is 12.7. The lowest BCUT2D eigenvalue weighted by molar-refractivity contribution is -0.137. The Bertz CT molecular complexity index is 1150. The van der Waals surface area contributed by atoms with E-state index in [0.29, 0.717) is 78.4 Å². The zero-order chi connectivity index (χ0) is 28.5. The molecule has 40 heavy (non-hydrogen) atoms. The largest absolute Gasteiger partial charge is 0.489 e. The number of carbonyl (C=O) groups excluding carboxylic acids is 2. The highest BCUT2D eigenvalue weighted by Gasteiger charge is 2.30. The predicted molar refractivity (Wildman–Crippen MR) is 156 cm³/mol. The van der Waals surface area contributed by atoms with E-state index in [1.54, 1.807) is 31.3 Å². The van der Waals surface area contributed by atoms with Crippen molar-refractivity contribution in [3.8, 4) is 5.75 Å². The average Bonchev–Trinajstić information content (AvgIpc) is 3.41. The lowest BCUT2D eigenvalue weighted by Gasteiger charge is -2.33. The lowest BCUT2D eigenvalue weighted by Crippen LogP contribution is -2.44. The second kappa shape index (κ2) is 14.4. The first kappa shape index (κ1) is 29.7. The summed E-state index contributed by atoms with van der Waals surface area (Å²) in [5.41, 5.74) is 8.12. The third-order valence-corrected chi connectivity index (χ3v) is 7.93. The molecule has 0 aromatic heterocycles. The molecule has 4 rings (SSSR count). The summed E-state index contributed by atoms with van der Waals surface area (Å²) in [5, 5.41) is 18.6. The molecule has 1 aliphatic carbocycles. The fourth-order valence-electron chi connectivity index (χ4n) is 5.39. The molecule has 11 heteroatoms. The number of piperidine rings is 1. The van der Waals surface area contributed by atoms with Gasteiger partial charge >= 0.3 is 0 Å². The number of likely N-dealkylation sites (tertiary alicyclic amines) is 1. The maximum absolute atomic E-state index is 12.7. The zero-order valence-corrected chi connectivity index (χ0v) is 23.9. The monoisotopic (exact) mass is 572 g/mol. The summed E-state index contributed by atoms with van der Waals surface area (Å²) < 4.78 is 6.20. The number of amides is 2. The van der Waals surface area contributed by atoms with Gasteiger partial charge in [0.15, 0.2) is 0 Å². The van der Waals surface area contributed by atoms with Gasteiger partial charge in [-0.2, -0.15) is 0 Å². The van der Waals surface area contributed by atoms with Gasteiger partial charge in [0.1, 0.15) is 23.5 Å². The maximum Gasteiger partial charge on any atom is 0.247 e. The fourth-order valence-corrected chi connectivity index (χ4v) is 5.61. The molecule has 0 spiro atoms. The van der Waals surface area contributed by atoms with Crippen molar-refractivity contribution < 1.29 is 19.4 Å². The highest BCUT2D eigenvalue weighted by Crippen LogP contribution is 2.32. The summed E-state index contributed by atoms with van der Waals surface area (Å²) in [5.74, 6) is 1.78. The van der Waals surface area contributed by atoms with Gasteiger partial charge in [0, 0.05) is 64.2 Å². The zero-order valence-electron chi connectivity index (χ0n) is 23.2. The van der Waals surface area contributed by atoms with Crippen molar-refractivity contribution in [2.75, 3.05) is 39.8 Å². The van der Waals surface area contributed by atoms with E-state index in [1.165, 1.54) is 0 Å². The van der Waals surface area contributed by atoms with E-state index in [4.69, 9.17) is 27.2 Å². The SMILES string of the molecule is CNC1=C(C(N)=Nc2ccc(OC3CCN(C(=O)C4CCCC4)CC3)c(Cl)c2)C=C(C(=O)NCCCO)CCN1. The molecule has 3 aliphatic rings. The highest BCUT2D eigenvalue weighted by molar-refractivity contribution is 6.32. The number of carbonyl (C=O) groups is 2.